The molecule has 0 fully saturated rings. The van der Waals surface area contributed by atoms with Crippen LogP contribution in [0.1, 0.15) is 24.3 Å². The summed E-state index contributed by atoms with van der Waals surface area (Å²) in [7, 11) is 1.61. The van der Waals surface area contributed by atoms with Crippen molar-refractivity contribution < 1.29 is 9.53 Å². The molecule has 1 heterocycles. The molecule has 0 saturated carbocycles. The SMILES string of the molecule is COC(C)(C)Cn1cc(N)c(C(N)=O)n1. The number of ether oxygens (including phenoxy) is 1. The van der Waals surface area contributed by atoms with Gasteiger partial charge in [0.2, 0.25) is 0 Å². The molecule has 1 rings (SSSR count). The van der Waals surface area contributed by atoms with Gasteiger partial charge < -0.3 is 16.2 Å². The molecule has 0 aliphatic rings. The van der Waals surface area contributed by atoms with Gasteiger partial charge in [-0.2, -0.15) is 5.10 Å². The maximum absolute atomic E-state index is 10.9. The summed E-state index contributed by atoms with van der Waals surface area (Å²) in [4.78, 5) is 10.9. The van der Waals surface area contributed by atoms with E-state index >= 15 is 0 Å². The number of aromatic nitrogens is 2. The van der Waals surface area contributed by atoms with Crippen LogP contribution in [0.3, 0.4) is 0 Å². The van der Waals surface area contributed by atoms with Crippen molar-refractivity contribution in [2.45, 2.75) is 26.0 Å². The van der Waals surface area contributed by atoms with Gasteiger partial charge in [0, 0.05) is 13.3 Å². The average molecular weight is 212 g/mol. The standard InChI is InChI=1S/C9H16N4O2/c1-9(2,15-3)5-13-4-6(10)7(12-13)8(11)14/h4H,5,10H2,1-3H3,(H2,11,14). The van der Waals surface area contributed by atoms with Crippen LogP contribution in [0.5, 0.6) is 0 Å². The summed E-state index contributed by atoms with van der Waals surface area (Å²) in [5, 5.41) is 3.98. The summed E-state index contributed by atoms with van der Waals surface area (Å²) in [6, 6.07) is 0. The molecule has 0 aromatic carbocycles. The summed E-state index contributed by atoms with van der Waals surface area (Å²) in [6.07, 6.45) is 1.57. The number of carbonyl (C=O) groups is 1. The van der Waals surface area contributed by atoms with Crippen molar-refractivity contribution >= 4 is 11.6 Å². The smallest absolute Gasteiger partial charge is 0.271 e. The highest BCUT2D eigenvalue weighted by Gasteiger charge is 2.19. The molecule has 1 aromatic rings. The normalized spacial score (nSPS) is 11.7. The first-order valence-corrected chi connectivity index (χ1v) is 4.53. The van der Waals surface area contributed by atoms with Crippen molar-refractivity contribution in [2.75, 3.05) is 12.8 Å². The van der Waals surface area contributed by atoms with Crippen LogP contribution in [0.15, 0.2) is 6.20 Å². The minimum atomic E-state index is -0.624. The van der Waals surface area contributed by atoms with Crippen LogP contribution in [0.2, 0.25) is 0 Å². The lowest BCUT2D eigenvalue weighted by Crippen LogP contribution is -2.29. The average Bonchev–Trinajstić information content (AvgIpc) is 2.46. The van der Waals surface area contributed by atoms with E-state index in [2.05, 4.69) is 5.10 Å². The van der Waals surface area contributed by atoms with Crippen LogP contribution < -0.4 is 11.5 Å². The first kappa shape index (κ1) is 11.5. The molecule has 6 nitrogen and oxygen atoms in total. The van der Waals surface area contributed by atoms with Gasteiger partial charge in [-0.1, -0.05) is 0 Å². The van der Waals surface area contributed by atoms with Crippen LogP contribution in [0.4, 0.5) is 5.69 Å². The molecule has 84 valence electrons. The molecule has 0 radical (unpaired) electrons. The van der Waals surface area contributed by atoms with Gasteiger partial charge in [-0.05, 0) is 13.8 Å². The molecular formula is C9H16N4O2. The zero-order valence-electron chi connectivity index (χ0n) is 9.15. The number of rotatable bonds is 4. The Hall–Kier alpha value is -1.56. The van der Waals surface area contributed by atoms with Crippen molar-refractivity contribution in [2.24, 2.45) is 5.73 Å². The van der Waals surface area contributed by atoms with Crippen LogP contribution in [-0.4, -0.2) is 28.4 Å². The molecule has 0 aliphatic heterocycles. The van der Waals surface area contributed by atoms with E-state index in [-0.39, 0.29) is 17.0 Å². The Balaban J connectivity index is 2.89. The quantitative estimate of drug-likeness (QED) is 0.733. The highest BCUT2D eigenvalue weighted by atomic mass is 16.5. The molecule has 0 atom stereocenters. The monoisotopic (exact) mass is 212 g/mol. The summed E-state index contributed by atoms with van der Waals surface area (Å²) < 4.78 is 6.79. The highest BCUT2D eigenvalue weighted by Crippen LogP contribution is 2.14. The number of nitrogens with two attached hydrogens (primary N) is 2. The van der Waals surface area contributed by atoms with Crippen molar-refractivity contribution in [1.29, 1.82) is 0 Å². The maximum Gasteiger partial charge on any atom is 0.271 e. The fourth-order valence-corrected chi connectivity index (χ4v) is 1.16. The summed E-state index contributed by atoms with van der Waals surface area (Å²) in [6.45, 7) is 4.32. The second kappa shape index (κ2) is 3.90. The van der Waals surface area contributed by atoms with Gasteiger partial charge in [0.25, 0.3) is 5.91 Å². The van der Waals surface area contributed by atoms with E-state index in [1.54, 1.807) is 18.0 Å². The predicted molar refractivity (Wildman–Crippen MR) is 56.2 cm³/mol. The lowest BCUT2D eigenvalue weighted by Gasteiger charge is -2.22. The Kier molecular flexibility index (Phi) is 2.99. The third-order valence-corrected chi connectivity index (χ3v) is 2.12. The van der Waals surface area contributed by atoms with E-state index in [0.717, 1.165) is 0 Å². The summed E-state index contributed by atoms with van der Waals surface area (Å²) >= 11 is 0. The summed E-state index contributed by atoms with van der Waals surface area (Å²) in [5.74, 6) is -0.624. The molecule has 1 amide bonds. The Morgan fingerprint density at radius 3 is 2.67 bits per heavy atom. The third kappa shape index (κ3) is 2.69. The number of nitrogen functional groups attached to an aromatic ring is 1. The predicted octanol–water partition coefficient (Wildman–Crippen LogP) is -0.0108. The highest BCUT2D eigenvalue weighted by molar-refractivity contribution is 5.95. The van der Waals surface area contributed by atoms with Crippen molar-refractivity contribution in [3.05, 3.63) is 11.9 Å². The minimum absolute atomic E-state index is 0.0990. The van der Waals surface area contributed by atoms with Gasteiger partial charge in [0.15, 0.2) is 5.69 Å². The van der Waals surface area contributed by atoms with Crippen LogP contribution in [0.25, 0.3) is 0 Å². The van der Waals surface area contributed by atoms with Crippen molar-refractivity contribution in [3.8, 4) is 0 Å². The first-order chi connectivity index (χ1) is 6.85. The van der Waals surface area contributed by atoms with E-state index < -0.39 is 5.91 Å². The van der Waals surface area contributed by atoms with E-state index in [9.17, 15) is 4.79 Å². The maximum atomic E-state index is 10.9. The number of primary amides is 1. The van der Waals surface area contributed by atoms with Gasteiger partial charge >= 0.3 is 0 Å². The number of amides is 1. The van der Waals surface area contributed by atoms with Crippen molar-refractivity contribution in [1.82, 2.24) is 9.78 Å². The van der Waals surface area contributed by atoms with Gasteiger partial charge in [-0.15, -0.1) is 0 Å². The second-order valence-corrected chi connectivity index (χ2v) is 3.96. The zero-order valence-corrected chi connectivity index (χ0v) is 9.15. The molecule has 0 unspecified atom stereocenters. The van der Waals surface area contributed by atoms with Gasteiger partial charge in [0.05, 0.1) is 17.8 Å². The van der Waals surface area contributed by atoms with E-state index in [4.69, 9.17) is 16.2 Å². The molecule has 4 N–H and O–H groups in total. The number of anilines is 1. The lowest BCUT2D eigenvalue weighted by molar-refractivity contribution is 0.00534. The third-order valence-electron chi connectivity index (χ3n) is 2.12. The van der Waals surface area contributed by atoms with Gasteiger partial charge in [0.1, 0.15) is 0 Å². The topological polar surface area (TPSA) is 96.2 Å². The number of hydrogen-bond donors (Lipinski definition) is 2. The minimum Gasteiger partial charge on any atom is -0.396 e. The van der Waals surface area contributed by atoms with Crippen LogP contribution in [0, 0.1) is 0 Å². The summed E-state index contributed by atoms with van der Waals surface area (Å²) in [5.41, 5.74) is 10.7. The first-order valence-electron chi connectivity index (χ1n) is 4.53. The molecular weight excluding hydrogens is 196 g/mol. The van der Waals surface area contributed by atoms with E-state index in [1.165, 1.54) is 0 Å². The molecule has 0 spiro atoms. The van der Waals surface area contributed by atoms with Gasteiger partial charge in [-0.3, -0.25) is 9.48 Å². The molecule has 15 heavy (non-hydrogen) atoms. The second-order valence-electron chi connectivity index (χ2n) is 3.96. The lowest BCUT2D eigenvalue weighted by atomic mass is 10.1. The molecule has 0 saturated heterocycles. The van der Waals surface area contributed by atoms with Crippen molar-refractivity contribution in [3.63, 3.8) is 0 Å². The number of methoxy groups -OCH3 is 1. The Labute approximate surface area is 88.2 Å². The number of nitrogens with zero attached hydrogens (tertiary/aromatic N) is 2. The van der Waals surface area contributed by atoms with Crippen LogP contribution >= 0.6 is 0 Å². The van der Waals surface area contributed by atoms with E-state index in [0.29, 0.717) is 6.54 Å². The van der Waals surface area contributed by atoms with E-state index in [1.807, 2.05) is 13.8 Å². The Bertz CT molecular complexity index is 370. The fourth-order valence-electron chi connectivity index (χ4n) is 1.16. The molecule has 1 aromatic heterocycles. The molecule has 0 bridgehead atoms. The number of hydrogen-bond acceptors (Lipinski definition) is 4. The molecule has 6 heteroatoms. The number of carbonyl (C=O) groups excluding carboxylic acids is 1. The largest absolute Gasteiger partial charge is 0.396 e. The molecule has 0 aliphatic carbocycles. The Morgan fingerprint density at radius 2 is 2.27 bits per heavy atom. The van der Waals surface area contributed by atoms with Gasteiger partial charge in [-0.25, -0.2) is 0 Å². The fraction of sp³-hybridized carbons (Fsp3) is 0.556. The zero-order chi connectivity index (χ0) is 11.6. The Morgan fingerprint density at radius 1 is 1.67 bits per heavy atom. The van der Waals surface area contributed by atoms with Crippen LogP contribution in [-0.2, 0) is 11.3 Å².